The molecule has 0 saturated carbocycles. The number of alkyl halides is 5. The molecule has 1 N–H and O–H groups in total. The van der Waals surface area contributed by atoms with E-state index in [0.29, 0.717) is 0 Å². The summed E-state index contributed by atoms with van der Waals surface area (Å²) in [5.74, 6) is -3.13. The zero-order chi connectivity index (χ0) is 14.1. The third-order valence-electron chi connectivity index (χ3n) is 1.63. The minimum atomic E-state index is -5.21. The maximum Gasteiger partial charge on any atom is 0.573 e. The number of halogens is 6. The van der Waals surface area contributed by atoms with E-state index in [1.165, 1.54) is 0 Å². The lowest BCUT2D eigenvalue weighted by Crippen LogP contribution is -2.20. The summed E-state index contributed by atoms with van der Waals surface area (Å²) in [5.41, 5.74) is -2.03. The quantitative estimate of drug-likeness (QED) is 0.679. The number of ether oxygens (including phenoxy) is 1. The van der Waals surface area contributed by atoms with Crippen molar-refractivity contribution in [3.05, 3.63) is 21.9 Å². The first-order valence-corrected chi connectivity index (χ1v) is 4.88. The number of hydrogen-bond donors (Lipinski definition) is 1. The van der Waals surface area contributed by atoms with Crippen molar-refractivity contribution in [3.63, 3.8) is 0 Å². The zero-order valence-corrected chi connectivity index (χ0v) is 9.72. The fourth-order valence-electron chi connectivity index (χ4n) is 0.996. The average Bonchev–Trinajstić information content (AvgIpc) is 2.17. The summed E-state index contributed by atoms with van der Waals surface area (Å²) in [7, 11) is 0. The van der Waals surface area contributed by atoms with E-state index < -0.39 is 40.4 Å². The molecule has 0 unspecified atom stereocenters. The molecular formula is C8H3BrF5NO3. The van der Waals surface area contributed by atoms with Crippen LogP contribution < -0.4 is 4.74 Å². The van der Waals surface area contributed by atoms with E-state index in [-0.39, 0.29) is 6.07 Å². The molecule has 18 heavy (non-hydrogen) atoms. The van der Waals surface area contributed by atoms with Crippen molar-refractivity contribution in [2.45, 2.75) is 12.8 Å². The highest BCUT2D eigenvalue weighted by molar-refractivity contribution is 9.10. The summed E-state index contributed by atoms with van der Waals surface area (Å²) in [6.45, 7) is 0. The maximum absolute atomic E-state index is 12.4. The monoisotopic (exact) mass is 335 g/mol. The molecule has 0 atom stereocenters. The Labute approximate surface area is 105 Å². The van der Waals surface area contributed by atoms with Crippen LogP contribution in [0.4, 0.5) is 22.0 Å². The van der Waals surface area contributed by atoms with Crippen molar-refractivity contribution >= 4 is 21.9 Å². The van der Waals surface area contributed by atoms with Gasteiger partial charge in [0, 0.05) is 0 Å². The lowest BCUT2D eigenvalue weighted by Gasteiger charge is -2.13. The summed E-state index contributed by atoms with van der Waals surface area (Å²) in [6, 6.07) is 0.276. The SMILES string of the molecule is O=C(O)c1nc(Br)c(C(F)F)cc1OC(F)(F)F. The van der Waals surface area contributed by atoms with Gasteiger partial charge >= 0.3 is 12.3 Å². The number of carbonyl (C=O) groups is 1. The molecule has 0 radical (unpaired) electrons. The van der Waals surface area contributed by atoms with Crippen LogP contribution in [0.25, 0.3) is 0 Å². The van der Waals surface area contributed by atoms with Gasteiger partial charge in [-0.05, 0) is 22.0 Å². The molecule has 0 spiro atoms. The number of aromatic carboxylic acids is 1. The lowest BCUT2D eigenvalue weighted by molar-refractivity contribution is -0.274. The van der Waals surface area contributed by atoms with Gasteiger partial charge in [0.15, 0.2) is 11.4 Å². The molecule has 1 aromatic heterocycles. The van der Waals surface area contributed by atoms with Crippen molar-refractivity contribution in [2.24, 2.45) is 0 Å². The maximum atomic E-state index is 12.4. The summed E-state index contributed by atoms with van der Waals surface area (Å²) in [4.78, 5) is 13.7. The largest absolute Gasteiger partial charge is 0.573 e. The van der Waals surface area contributed by atoms with Crippen molar-refractivity contribution in [2.75, 3.05) is 0 Å². The third-order valence-corrected chi connectivity index (χ3v) is 2.27. The first kappa shape index (κ1) is 14.6. The minimum absolute atomic E-state index is 0.276. The second-order valence-corrected chi connectivity index (χ2v) is 3.62. The molecule has 0 amide bonds. The van der Waals surface area contributed by atoms with Crippen molar-refractivity contribution in [3.8, 4) is 5.75 Å². The molecule has 0 aliphatic heterocycles. The zero-order valence-electron chi connectivity index (χ0n) is 8.13. The Bertz CT molecular complexity index is 477. The second-order valence-electron chi connectivity index (χ2n) is 2.87. The molecule has 100 valence electrons. The standard InChI is InChI=1S/C8H3BrF5NO3/c9-5-2(6(10)11)1-3(18-8(12,13)14)4(15-5)7(16)17/h1,6H,(H,16,17). The Morgan fingerprint density at radius 2 is 2.00 bits per heavy atom. The smallest absolute Gasteiger partial charge is 0.476 e. The molecule has 0 saturated heterocycles. The molecule has 1 rings (SSSR count). The number of nitrogens with zero attached hydrogens (tertiary/aromatic N) is 1. The second kappa shape index (κ2) is 5.04. The highest BCUT2D eigenvalue weighted by Gasteiger charge is 2.34. The van der Waals surface area contributed by atoms with Gasteiger partial charge in [-0.15, -0.1) is 13.2 Å². The van der Waals surface area contributed by atoms with Crippen molar-refractivity contribution in [1.29, 1.82) is 0 Å². The van der Waals surface area contributed by atoms with Gasteiger partial charge in [-0.25, -0.2) is 18.6 Å². The highest BCUT2D eigenvalue weighted by atomic mass is 79.9. The molecule has 1 aromatic rings. The predicted octanol–water partition coefficient (Wildman–Crippen LogP) is 3.38. The van der Waals surface area contributed by atoms with E-state index in [2.05, 4.69) is 25.7 Å². The van der Waals surface area contributed by atoms with Crippen LogP contribution in [-0.4, -0.2) is 22.4 Å². The van der Waals surface area contributed by atoms with Crippen LogP contribution in [0.15, 0.2) is 10.7 Å². The van der Waals surface area contributed by atoms with E-state index in [1.807, 2.05) is 0 Å². The molecule has 0 aliphatic carbocycles. The molecule has 0 bridgehead atoms. The van der Waals surface area contributed by atoms with Gasteiger partial charge in [0.2, 0.25) is 0 Å². The predicted molar refractivity (Wildman–Crippen MR) is 50.5 cm³/mol. The molecule has 0 fully saturated rings. The van der Waals surface area contributed by atoms with E-state index in [9.17, 15) is 26.7 Å². The molecule has 1 heterocycles. The molecule has 4 nitrogen and oxygen atoms in total. The number of pyridine rings is 1. The van der Waals surface area contributed by atoms with Crippen LogP contribution in [-0.2, 0) is 0 Å². The van der Waals surface area contributed by atoms with Gasteiger partial charge in [0.1, 0.15) is 4.60 Å². The van der Waals surface area contributed by atoms with Crippen LogP contribution in [0.1, 0.15) is 22.5 Å². The average molecular weight is 336 g/mol. The first-order valence-electron chi connectivity index (χ1n) is 4.09. The van der Waals surface area contributed by atoms with Crippen LogP contribution in [0.5, 0.6) is 5.75 Å². The fourth-order valence-corrected chi connectivity index (χ4v) is 1.46. The van der Waals surface area contributed by atoms with Crippen molar-refractivity contribution < 1.29 is 36.6 Å². The number of rotatable bonds is 3. The van der Waals surface area contributed by atoms with E-state index in [0.717, 1.165) is 0 Å². The Morgan fingerprint density at radius 3 is 2.39 bits per heavy atom. The Kier molecular flexibility index (Phi) is 4.09. The van der Waals surface area contributed by atoms with E-state index in [4.69, 9.17) is 5.11 Å². The number of carboxylic acids is 1. The van der Waals surface area contributed by atoms with Gasteiger partial charge < -0.3 is 9.84 Å². The Hall–Kier alpha value is -1.45. The van der Waals surface area contributed by atoms with Crippen LogP contribution in [0.3, 0.4) is 0 Å². The Morgan fingerprint density at radius 1 is 1.44 bits per heavy atom. The normalized spacial score (nSPS) is 11.7. The minimum Gasteiger partial charge on any atom is -0.476 e. The fraction of sp³-hybridized carbons (Fsp3) is 0.250. The van der Waals surface area contributed by atoms with E-state index in [1.54, 1.807) is 0 Å². The molecule has 0 aliphatic rings. The molecule has 10 heteroatoms. The van der Waals surface area contributed by atoms with Gasteiger partial charge in [-0.1, -0.05) is 0 Å². The van der Waals surface area contributed by atoms with Crippen LogP contribution in [0, 0.1) is 0 Å². The topological polar surface area (TPSA) is 59.4 Å². The first-order chi connectivity index (χ1) is 8.11. The van der Waals surface area contributed by atoms with Crippen LogP contribution >= 0.6 is 15.9 Å². The summed E-state index contributed by atoms with van der Waals surface area (Å²) >= 11 is 2.54. The number of hydrogen-bond acceptors (Lipinski definition) is 3. The molecular weight excluding hydrogens is 333 g/mol. The summed E-state index contributed by atoms with van der Waals surface area (Å²) in [5, 5.41) is 8.60. The third kappa shape index (κ3) is 3.52. The summed E-state index contributed by atoms with van der Waals surface area (Å²) in [6.07, 6.45) is -8.34. The summed E-state index contributed by atoms with van der Waals surface area (Å²) < 4.78 is 63.5. The van der Waals surface area contributed by atoms with Gasteiger partial charge in [-0.3, -0.25) is 0 Å². The highest BCUT2D eigenvalue weighted by Crippen LogP contribution is 2.33. The number of carboxylic acid groups (broad SMARTS) is 1. The number of aromatic nitrogens is 1. The van der Waals surface area contributed by atoms with Gasteiger partial charge in [0.25, 0.3) is 6.43 Å². The lowest BCUT2D eigenvalue weighted by atomic mass is 10.2. The Balaban J connectivity index is 3.35. The van der Waals surface area contributed by atoms with Crippen LogP contribution in [0.2, 0.25) is 0 Å². The van der Waals surface area contributed by atoms with Gasteiger partial charge in [-0.2, -0.15) is 0 Å². The molecule has 0 aromatic carbocycles. The van der Waals surface area contributed by atoms with Crippen molar-refractivity contribution in [1.82, 2.24) is 4.98 Å². The van der Waals surface area contributed by atoms with Gasteiger partial charge in [0.05, 0.1) is 5.56 Å². The van der Waals surface area contributed by atoms with E-state index >= 15 is 0 Å².